The first-order valence-electron chi connectivity index (χ1n) is 6.45. The van der Waals surface area contributed by atoms with Crippen LogP contribution in [0.15, 0.2) is 11.6 Å². The largest absolute Gasteiger partial charge is 0.444 e. The molecule has 0 saturated carbocycles. The van der Waals surface area contributed by atoms with E-state index in [0.717, 1.165) is 12.8 Å². The van der Waals surface area contributed by atoms with Crippen LogP contribution in [0.2, 0.25) is 0 Å². The predicted molar refractivity (Wildman–Crippen MR) is 73.0 cm³/mol. The van der Waals surface area contributed by atoms with E-state index in [1.54, 1.807) is 11.1 Å². The van der Waals surface area contributed by atoms with Crippen molar-refractivity contribution in [1.82, 2.24) is 9.88 Å². The second-order valence-corrected chi connectivity index (χ2v) is 6.62. The zero-order chi connectivity index (χ0) is 14.0. The maximum atomic E-state index is 12.1. The minimum absolute atomic E-state index is 0.235. The average Bonchev–Trinajstić information content (AvgIpc) is 2.97. The highest BCUT2D eigenvalue weighted by atomic mass is 32.1. The second kappa shape index (κ2) is 5.46. The standard InChI is InChI=1S/C13H20N2O3S/c1-13(2,3)18-12(17)15-7-4-5-9(15)10(16)11-14-6-8-19-11/h6,8-10,16H,4-5,7H2,1-3H3/t9-,10+/m1/s1. The van der Waals surface area contributed by atoms with E-state index in [1.807, 2.05) is 26.2 Å². The van der Waals surface area contributed by atoms with Gasteiger partial charge >= 0.3 is 6.09 Å². The number of rotatable bonds is 2. The normalized spacial score (nSPS) is 21.5. The molecule has 1 aliphatic rings. The van der Waals surface area contributed by atoms with E-state index in [4.69, 9.17) is 4.74 Å². The van der Waals surface area contributed by atoms with Crippen molar-refractivity contribution < 1.29 is 14.6 Å². The van der Waals surface area contributed by atoms with E-state index in [0.29, 0.717) is 11.6 Å². The molecular weight excluding hydrogens is 264 g/mol. The monoisotopic (exact) mass is 284 g/mol. The molecule has 0 radical (unpaired) electrons. The van der Waals surface area contributed by atoms with Gasteiger partial charge in [-0.15, -0.1) is 11.3 Å². The summed E-state index contributed by atoms with van der Waals surface area (Å²) in [6, 6.07) is -0.235. The van der Waals surface area contributed by atoms with Crippen LogP contribution in [-0.2, 0) is 4.74 Å². The Balaban J connectivity index is 2.06. The smallest absolute Gasteiger partial charge is 0.410 e. The molecule has 0 unspecified atom stereocenters. The number of likely N-dealkylation sites (tertiary alicyclic amines) is 1. The molecule has 2 rings (SSSR count). The number of carbonyl (C=O) groups is 1. The summed E-state index contributed by atoms with van der Waals surface area (Å²) in [5.74, 6) is 0. The van der Waals surface area contributed by atoms with E-state index in [1.165, 1.54) is 11.3 Å². The summed E-state index contributed by atoms with van der Waals surface area (Å²) in [6.07, 6.45) is 2.24. The van der Waals surface area contributed by atoms with Crippen molar-refractivity contribution >= 4 is 17.4 Å². The summed E-state index contributed by atoms with van der Waals surface area (Å²) < 4.78 is 5.38. The van der Waals surface area contributed by atoms with E-state index < -0.39 is 11.7 Å². The molecule has 0 spiro atoms. The first-order valence-corrected chi connectivity index (χ1v) is 7.33. The topological polar surface area (TPSA) is 62.7 Å². The highest BCUT2D eigenvalue weighted by Gasteiger charge is 2.37. The summed E-state index contributed by atoms with van der Waals surface area (Å²) in [7, 11) is 0. The van der Waals surface area contributed by atoms with Crippen molar-refractivity contribution in [3.8, 4) is 0 Å². The van der Waals surface area contributed by atoms with Crippen LogP contribution in [0.25, 0.3) is 0 Å². The van der Waals surface area contributed by atoms with Gasteiger partial charge in [0.25, 0.3) is 0 Å². The molecule has 1 N–H and O–H groups in total. The average molecular weight is 284 g/mol. The molecule has 1 amide bonds. The van der Waals surface area contributed by atoms with E-state index in [-0.39, 0.29) is 12.1 Å². The predicted octanol–water partition coefficient (Wildman–Crippen LogP) is 2.58. The molecule has 0 aromatic carbocycles. The lowest BCUT2D eigenvalue weighted by atomic mass is 10.1. The second-order valence-electron chi connectivity index (χ2n) is 5.70. The Bertz CT molecular complexity index is 428. The number of nitrogens with zero attached hydrogens (tertiary/aromatic N) is 2. The first-order chi connectivity index (χ1) is 8.88. The third-order valence-electron chi connectivity index (χ3n) is 3.00. The molecule has 19 heavy (non-hydrogen) atoms. The lowest BCUT2D eigenvalue weighted by Gasteiger charge is -2.30. The van der Waals surface area contributed by atoms with Crippen LogP contribution in [0.3, 0.4) is 0 Å². The molecule has 2 heterocycles. The van der Waals surface area contributed by atoms with E-state index in [9.17, 15) is 9.90 Å². The number of aliphatic hydroxyl groups excluding tert-OH is 1. The summed E-state index contributed by atoms with van der Waals surface area (Å²) >= 11 is 1.40. The van der Waals surface area contributed by atoms with Gasteiger partial charge in [0.1, 0.15) is 16.7 Å². The minimum Gasteiger partial charge on any atom is -0.444 e. The zero-order valence-electron chi connectivity index (χ0n) is 11.5. The molecule has 1 aromatic heterocycles. The van der Waals surface area contributed by atoms with E-state index in [2.05, 4.69) is 4.98 Å². The lowest BCUT2D eigenvalue weighted by molar-refractivity contribution is 0.00487. The lowest BCUT2D eigenvalue weighted by Crippen LogP contribution is -2.42. The molecule has 1 aliphatic heterocycles. The van der Waals surface area contributed by atoms with Gasteiger partial charge in [0.15, 0.2) is 0 Å². The molecule has 1 saturated heterocycles. The van der Waals surface area contributed by atoms with Crippen LogP contribution in [0, 0.1) is 0 Å². The third-order valence-corrected chi connectivity index (χ3v) is 3.84. The van der Waals surface area contributed by atoms with Crippen molar-refractivity contribution in [2.24, 2.45) is 0 Å². The minimum atomic E-state index is -0.727. The molecule has 5 nitrogen and oxygen atoms in total. The van der Waals surface area contributed by atoms with Gasteiger partial charge in [0.05, 0.1) is 6.04 Å². The number of hydrogen-bond acceptors (Lipinski definition) is 5. The summed E-state index contributed by atoms with van der Waals surface area (Å²) in [5, 5.41) is 12.8. The third kappa shape index (κ3) is 3.45. The van der Waals surface area contributed by atoms with Gasteiger partial charge < -0.3 is 14.7 Å². The fourth-order valence-electron chi connectivity index (χ4n) is 2.21. The highest BCUT2D eigenvalue weighted by Crippen LogP contribution is 2.31. The number of aromatic nitrogens is 1. The van der Waals surface area contributed by atoms with Crippen LogP contribution in [-0.4, -0.2) is 39.3 Å². The fourth-order valence-corrected chi connectivity index (χ4v) is 2.89. The van der Waals surface area contributed by atoms with Crippen LogP contribution in [0.4, 0.5) is 4.79 Å². The van der Waals surface area contributed by atoms with Gasteiger partial charge in [-0.3, -0.25) is 0 Å². The number of aliphatic hydroxyl groups is 1. The number of thiazole rings is 1. The Morgan fingerprint density at radius 1 is 1.63 bits per heavy atom. The van der Waals surface area contributed by atoms with Crippen LogP contribution in [0.1, 0.15) is 44.7 Å². The summed E-state index contributed by atoms with van der Waals surface area (Å²) in [6.45, 7) is 6.15. The first kappa shape index (κ1) is 14.3. The van der Waals surface area contributed by atoms with Crippen molar-refractivity contribution in [3.63, 3.8) is 0 Å². The molecule has 1 aromatic rings. The van der Waals surface area contributed by atoms with Gasteiger partial charge in [-0.2, -0.15) is 0 Å². The van der Waals surface area contributed by atoms with E-state index >= 15 is 0 Å². The van der Waals surface area contributed by atoms with Crippen LogP contribution < -0.4 is 0 Å². The number of ether oxygens (including phenoxy) is 1. The molecular formula is C13H20N2O3S. The van der Waals surface area contributed by atoms with Crippen molar-refractivity contribution in [3.05, 3.63) is 16.6 Å². The molecule has 0 bridgehead atoms. The Hall–Kier alpha value is -1.14. The maximum Gasteiger partial charge on any atom is 0.410 e. The molecule has 6 heteroatoms. The van der Waals surface area contributed by atoms with Crippen molar-refractivity contribution in [1.29, 1.82) is 0 Å². The summed E-state index contributed by atoms with van der Waals surface area (Å²) in [5.41, 5.74) is -0.518. The van der Waals surface area contributed by atoms with Gasteiger partial charge in [0.2, 0.25) is 0 Å². The van der Waals surface area contributed by atoms with Crippen molar-refractivity contribution in [2.75, 3.05) is 6.54 Å². The fraction of sp³-hybridized carbons (Fsp3) is 0.692. The number of hydrogen-bond donors (Lipinski definition) is 1. The van der Waals surface area contributed by atoms with Gasteiger partial charge in [-0.05, 0) is 33.6 Å². The Labute approximate surface area is 117 Å². The summed E-state index contributed by atoms with van der Waals surface area (Å²) in [4.78, 5) is 17.9. The number of carbonyl (C=O) groups excluding carboxylic acids is 1. The van der Waals surface area contributed by atoms with Crippen LogP contribution >= 0.6 is 11.3 Å². The molecule has 1 fully saturated rings. The molecule has 0 aliphatic carbocycles. The SMILES string of the molecule is CC(C)(C)OC(=O)N1CCC[C@@H]1[C@H](O)c1nccs1. The highest BCUT2D eigenvalue weighted by molar-refractivity contribution is 7.09. The maximum absolute atomic E-state index is 12.1. The van der Waals surface area contributed by atoms with Gasteiger partial charge in [-0.25, -0.2) is 9.78 Å². The Kier molecular flexibility index (Phi) is 4.10. The Morgan fingerprint density at radius 3 is 2.95 bits per heavy atom. The van der Waals surface area contributed by atoms with Gasteiger partial charge in [-0.1, -0.05) is 0 Å². The zero-order valence-corrected chi connectivity index (χ0v) is 12.3. The number of amides is 1. The molecule has 2 atom stereocenters. The quantitative estimate of drug-likeness (QED) is 0.906. The molecule has 106 valence electrons. The Morgan fingerprint density at radius 2 is 2.37 bits per heavy atom. The van der Waals surface area contributed by atoms with Gasteiger partial charge in [0, 0.05) is 18.1 Å². The van der Waals surface area contributed by atoms with Crippen LogP contribution in [0.5, 0.6) is 0 Å². The van der Waals surface area contributed by atoms with Crippen molar-refractivity contribution in [2.45, 2.75) is 51.4 Å².